The molecule has 0 bridgehead atoms. The van der Waals surface area contributed by atoms with E-state index in [1.165, 1.54) is 12.8 Å². The highest BCUT2D eigenvalue weighted by Crippen LogP contribution is 2.43. The van der Waals surface area contributed by atoms with E-state index in [-0.39, 0.29) is 6.17 Å². The number of aromatic nitrogens is 1. The van der Waals surface area contributed by atoms with Crippen molar-refractivity contribution in [3.05, 3.63) is 23.9 Å². The third-order valence-corrected chi connectivity index (χ3v) is 4.75. The molecule has 1 aliphatic heterocycles. The number of amidine groups is 1. The Labute approximate surface area is 126 Å². The first-order chi connectivity index (χ1) is 9.88. The Morgan fingerprint density at radius 2 is 2.10 bits per heavy atom. The maximum Gasteiger partial charge on any atom is 0.132 e. The van der Waals surface area contributed by atoms with Crippen molar-refractivity contribution in [2.24, 2.45) is 28.3 Å². The second-order valence-electron chi connectivity index (χ2n) is 6.65. The molecule has 5 heteroatoms. The molecule has 2 aliphatic rings. The van der Waals surface area contributed by atoms with Gasteiger partial charge in [0.25, 0.3) is 0 Å². The minimum Gasteiger partial charge on any atom is -0.399 e. The van der Waals surface area contributed by atoms with Crippen LogP contribution in [0.5, 0.6) is 0 Å². The number of rotatable bonds is 2. The van der Waals surface area contributed by atoms with Gasteiger partial charge >= 0.3 is 0 Å². The van der Waals surface area contributed by atoms with Crippen LogP contribution in [0.2, 0.25) is 0 Å². The summed E-state index contributed by atoms with van der Waals surface area (Å²) >= 11 is 0. The zero-order chi connectivity index (χ0) is 15.3. The van der Waals surface area contributed by atoms with E-state index in [2.05, 4.69) is 41.5 Å². The lowest BCUT2D eigenvalue weighted by molar-refractivity contribution is 0.410. The van der Waals surface area contributed by atoms with Gasteiger partial charge in [-0.15, -0.1) is 0 Å². The summed E-state index contributed by atoms with van der Waals surface area (Å²) in [7, 11) is 0. The molecule has 0 aromatic carbocycles. The molecule has 0 amide bonds. The molecule has 1 fully saturated rings. The molecule has 1 saturated carbocycles. The van der Waals surface area contributed by atoms with Crippen molar-refractivity contribution in [2.45, 2.75) is 45.8 Å². The fraction of sp³-hybridized carbons (Fsp3) is 0.562. The van der Waals surface area contributed by atoms with Crippen LogP contribution in [-0.2, 0) is 0 Å². The van der Waals surface area contributed by atoms with Crippen molar-refractivity contribution in [1.29, 1.82) is 0 Å². The zero-order valence-electron chi connectivity index (χ0n) is 13.1. The molecule has 1 aromatic rings. The molecule has 114 valence electrons. The van der Waals surface area contributed by atoms with Crippen LogP contribution in [0.4, 0.5) is 5.82 Å². The predicted octanol–water partition coefficient (Wildman–Crippen LogP) is 2.50. The van der Waals surface area contributed by atoms with Crippen molar-refractivity contribution in [2.75, 3.05) is 5.32 Å². The van der Waals surface area contributed by atoms with Gasteiger partial charge in [-0.05, 0) is 31.6 Å². The monoisotopic (exact) mass is 287 g/mol. The Balaban J connectivity index is 2.13. The van der Waals surface area contributed by atoms with Crippen molar-refractivity contribution in [3.8, 4) is 0 Å². The van der Waals surface area contributed by atoms with Gasteiger partial charge in [-0.2, -0.15) is 0 Å². The number of nitrogens with zero attached hydrogens (tertiary/aromatic N) is 2. The molecule has 21 heavy (non-hydrogen) atoms. The van der Waals surface area contributed by atoms with Gasteiger partial charge < -0.3 is 21.4 Å². The highest BCUT2D eigenvalue weighted by atomic mass is 15.2. The second-order valence-corrected chi connectivity index (χ2v) is 6.65. The fourth-order valence-electron chi connectivity index (χ4n) is 3.86. The van der Waals surface area contributed by atoms with Gasteiger partial charge in [0, 0.05) is 23.5 Å². The lowest BCUT2D eigenvalue weighted by Gasteiger charge is -2.26. The van der Waals surface area contributed by atoms with Crippen LogP contribution in [0.25, 0.3) is 5.70 Å². The summed E-state index contributed by atoms with van der Waals surface area (Å²) in [5.74, 6) is 2.99. The largest absolute Gasteiger partial charge is 0.399 e. The zero-order valence-corrected chi connectivity index (χ0v) is 13.1. The summed E-state index contributed by atoms with van der Waals surface area (Å²) in [6.07, 6.45) is 4.53. The topological polar surface area (TPSA) is 81.4 Å². The lowest BCUT2D eigenvalue weighted by Crippen LogP contribution is -2.30. The maximum absolute atomic E-state index is 6.15. The van der Waals surface area contributed by atoms with Crippen LogP contribution in [0.15, 0.2) is 17.8 Å². The first kappa shape index (κ1) is 14.0. The number of aliphatic imine (C=N–C) groups is 1. The van der Waals surface area contributed by atoms with E-state index in [0.29, 0.717) is 23.5 Å². The highest BCUT2D eigenvalue weighted by molar-refractivity contribution is 6.07. The fourth-order valence-corrected chi connectivity index (χ4v) is 3.86. The van der Waals surface area contributed by atoms with Crippen LogP contribution < -0.4 is 16.8 Å². The Hall–Kier alpha value is -1.91. The average Bonchev–Trinajstić information content (AvgIpc) is 2.89. The van der Waals surface area contributed by atoms with Gasteiger partial charge in [-0.25, -0.2) is 4.99 Å². The third kappa shape index (κ3) is 2.20. The van der Waals surface area contributed by atoms with Crippen LogP contribution >= 0.6 is 0 Å². The highest BCUT2D eigenvalue weighted by Gasteiger charge is 2.34. The number of nitrogens with two attached hydrogens (primary N) is 2. The molecule has 3 rings (SSSR count). The molecule has 4 unspecified atom stereocenters. The van der Waals surface area contributed by atoms with E-state index >= 15 is 0 Å². The second kappa shape index (κ2) is 4.83. The van der Waals surface area contributed by atoms with Gasteiger partial charge in [0.2, 0.25) is 0 Å². The van der Waals surface area contributed by atoms with Crippen LogP contribution in [0.1, 0.15) is 50.8 Å². The van der Waals surface area contributed by atoms with Crippen LogP contribution in [0.3, 0.4) is 0 Å². The first-order valence-corrected chi connectivity index (χ1v) is 7.68. The number of anilines is 1. The lowest BCUT2D eigenvalue weighted by atomic mass is 10.1. The Morgan fingerprint density at radius 1 is 1.38 bits per heavy atom. The van der Waals surface area contributed by atoms with Crippen molar-refractivity contribution < 1.29 is 0 Å². The van der Waals surface area contributed by atoms with E-state index in [4.69, 9.17) is 11.5 Å². The molecule has 1 aliphatic carbocycles. The molecule has 4 atom stereocenters. The van der Waals surface area contributed by atoms with E-state index < -0.39 is 0 Å². The summed E-state index contributed by atoms with van der Waals surface area (Å²) in [4.78, 5) is 4.41. The Bertz CT molecular complexity index is 612. The Kier molecular flexibility index (Phi) is 3.23. The number of hydrogen-bond acceptors (Lipinski definition) is 4. The summed E-state index contributed by atoms with van der Waals surface area (Å²) in [5.41, 5.74) is 14.5. The van der Waals surface area contributed by atoms with E-state index in [0.717, 1.165) is 22.9 Å². The first-order valence-electron chi connectivity index (χ1n) is 7.68. The van der Waals surface area contributed by atoms with Gasteiger partial charge in [-0.3, -0.25) is 0 Å². The molecular weight excluding hydrogens is 262 g/mol. The van der Waals surface area contributed by atoms with E-state index in [1.54, 1.807) is 0 Å². The van der Waals surface area contributed by atoms with Crippen molar-refractivity contribution in [3.63, 3.8) is 0 Å². The van der Waals surface area contributed by atoms with Crippen molar-refractivity contribution in [1.82, 2.24) is 4.57 Å². The third-order valence-electron chi connectivity index (χ3n) is 4.75. The molecule has 1 aromatic heterocycles. The normalized spacial score (nSPS) is 31.5. The summed E-state index contributed by atoms with van der Waals surface area (Å²) in [6.45, 7) is 10.5. The maximum atomic E-state index is 6.15. The molecule has 2 heterocycles. The minimum atomic E-state index is -0.0147. The van der Waals surface area contributed by atoms with Crippen LogP contribution in [-0.4, -0.2) is 16.6 Å². The number of nitrogens with one attached hydrogen (secondary N) is 1. The van der Waals surface area contributed by atoms with Gasteiger partial charge in [0.1, 0.15) is 17.8 Å². The number of fused-ring (bicyclic) bond motifs is 1. The van der Waals surface area contributed by atoms with Gasteiger partial charge in [-0.1, -0.05) is 20.4 Å². The molecular formula is C16H25N5. The average molecular weight is 287 g/mol. The molecule has 0 saturated heterocycles. The smallest absolute Gasteiger partial charge is 0.132 e. The predicted molar refractivity (Wildman–Crippen MR) is 88.1 cm³/mol. The Morgan fingerprint density at radius 3 is 2.67 bits per heavy atom. The SMILES string of the molecule is C=C(N)c1cn(C2CC(C)CC2C)c2c1C(N)=NC(C)N2. The molecule has 5 N–H and O–H groups in total. The standard InChI is InChI=1S/C16H25N5/c1-8-5-9(2)13(6-8)21-7-12(10(3)17)14-15(18)19-11(4)20-16(14)21/h7-9,11,13,20H,3,5-6,17H2,1-2,4H3,(H2,18,19). The van der Waals surface area contributed by atoms with E-state index in [9.17, 15) is 0 Å². The minimum absolute atomic E-state index is 0.0147. The molecule has 0 spiro atoms. The molecule has 0 radical (unpaired) electrons. The van der Waals surface area contributed by atoms with Gasteiger partial charge in [0.05, 0.1) is 5.56 Å². The molecule has 5 nitrogen and oxygen atoms in total. The number of hydrogen-bond donors (Lipinski definition) is 3. The van der Waals surface area contributed by atoms with Crippen LogP contribution in [0, 0.1) is 11.8 Å². The summed E-state index contributed by atoms with van der Waals surface area (Å²) in [5, 5.41) is 3.45. The quantitative estimate of drug-likeness (QED) is 0.781. The summed E-state index contributed by atoms with van der Waals surface area (Å²) < 4.78 is 2.31. The van der Waals surface area contributed by atoms with E-state index in [1.807, 2.05) is 6.92 Å². The van der Waals surface area contributed by atoms with Gasteiger partial charge in [0.15, 0.2) is 0 Å². The summed E-state index contributed by atoms with van der Waals surface area (Å²) in [6, 6.07) is 0.479. The van der Waals surface area contributed by atoms with Crippen molar-refractivity contribution >= 4 is 17.4 Å².